The topological polar surface area (TPSA) is 75.3 Å². The summed E-state index contributed by atoms with van der Waals surface area (Å²) < 4.78 is 42.3. The van der Waals surface area contributed by atoms with E-state index in [1.807, 2.05) is 37.4 Å². The Bertz CT molecular complexity index is 925. The molecule has 0 aromatic heterocycles. The first-order valence-corrected chi connectivity index (χ1v) is 12.2. The Morgan fingerprint density at radius 2 is 1.93 bits per heavy atom. The minimum absolute atomic E-state index is 0.284. The fraction of sp³-hybridized carbons (Fsp3) is 0.316. The number of benzene rings is 2. The van der Waals surface area contributed by atoms with Crippen molar-refractivity contribution in [3.05, 3.63) is 64.4 Å². The third-order valence-electron chi connectivity index (χ3n) is 4.06. The largest absolute Gasteiger partial charge is 0.348 e. The van der Waals surface area contributed by atoms with Crippen LogP contribution in [-0.2, 0) is 14.8 Å². The molecule has 2 N–H and O–H groups in total. The van der Waals surface area contributed by atoms with Gasteiger partial charge < -0.3 is 5.32 Å². The maximum atomic E-state index is 13.9. The molecule has 0 aliphatic rings. The normalized spacial score (nSPS) is 13.7. The predicted octanol–water partition coefficient (Wildman–Crippen LogP) is 3.87. The number of carbonyl (C=O) groups is 1. The molecule has 2 atom stereocenters. The van der Waals surface area contributed by atoms with Crippen molar-refractivity contribution < 1.29 is 17.6 Å². The number of hydrogen-bond acceptors (Lipinski definition) is 4. The third kappa shape index (κ3) is 6.30. The van der Waals surface area contributed by atoms with E-state index in [-0.39, 0.29) is 12.5 Å². The molecular formula is C19H22BrFN2O3S2. The molecule has 0 spiro atoms. The van der Waals surface area contributed by atoms with Gasteiger partial charge in [0.25, 0.3) is 0 Å². The molecule has 2 rings (SSSR count). The summed E-state index contributed by atoms with van der Waals surface area (Å²) in [4.78, 5) is 12.3. The second-order valence-corrected chi connectivity index (χ2v) is 9.75. The molecule has 2 unspecified atom stereocenters. The van der Waals surface area contributed by atoms with Gasteiger partial charge in [-0.05, 0) is 55.2 Å². The summed E-state index contributed by atoms with van der Waals surface area (Å²) in [6.45, 7) is 1.82. The first-order valence-electron chi connectivity index (χ1n) is 8.56. The monoisotopic (exact) mass is 488 g/mol. The molecule has 152 valence electrons. The van der Waals surface area contributed by atoms with Gasteiger partial charge >= 0.3 is 0 Å². The molecule has 9 heteroatoms. The van der Waals surface area contributed by atoms with Crippen molar-refractivity contribution in [2.45, 2.75) is 30.3 Å². The first kappa shape index (κ1) is 22.9. The van der Waals surface area contributed by atoms with Gasteiger partial charge in [-0.3, -0.25) is 4.79 Å². The van der Waals surface area contributed by atoms with Crippen LogP contribution in [-0.4, -0.2) is 32.4 Å². The van der Waals surface area contributed by atoms with Crippen molar-refractivity contribution in [3.63, 3.8) is 0 Å². The summed E-state index contributed by atoms with van der Waals surface area (Å²) >= 11 is 4.88. The van der Waals surface area contributed by atoms with Gasteiger partial charge in [-0.1, -0.05) is 40.2 Å². The van der Waals surface area contributed by atoms with Crippen molar-refractivity contribution >= 4 is 43.6 Å². The maximum absolute atomic E-state index is 13.9. The molecule has 0 saturated carbocycles. The Balaban J connectivity index is 2.18. The minimum Gasteiger partial charge on any atom is -0.348 e. The zero-order chi connectivity index (χ0) is 20.7. The van der Waals surface area contributed by atoms with E-state index in [2.05, 4.69) is 26.0 Å². The van der Waals surface area contributed by atoms with E-state index >= 15 is 0 Å². The molecular weight excluding hydrogens is 467 g/mol. The number of sulfonamides is 1. The van der Waals surface area contributed by atoms with Gasteiger partial charge in [0.1, 0.15) is 16.8 Å². The highest BCUT2D eigenvalue weighted by atomic mass is 79.9. The fourth-order valence-corrected chi connectivity index (χ4v) is 4.76. The van der Waals surface area contributed by atoms with E-state index in [0.29, 0.717) is 5.75 Å². The van der Waals surface area contributed by atoms with E-state index in [1.54, 1.807) is 0 Å². The number of carbonyl (C=O) groups excluding carboxylic acids is 1. The molecule has 0 bridgehead atoms. The van der Waals surface area contributed by atoms with E-state index < -0.39 is 32.7 Å². The summed E-state index contributed by atoms with van der Waals surface area (Å²) in [7, 11) is -4.18. The zero-order valence-corrected chi connectivity index (χ0v) is 18.7. The number of hydrogen-bond donors (Lipinski definition) is 2. The van der Waals surface area contributed by atoms with Crippen LogP contribution in [0.2, 0.25) is 0 Å². The van der Waals surface area contributed by atoms with Crippen molar-refractivity contribution in [1.82, 2.24) is 10.0 Å². The van der Waals surface area contributed by atoms with Gasteiger partial charge in [-0.25, -0.2) is 12.8 Å². The second kappa shape index (κ2) is 10.4. The highest BCUT2D eigenvalue weighted by Crippen LogP contribution is 2.19. The second-order valence-electron chi connectivity index (χ2n) is 6.17. The molecule has 0 saturated heterocycles. The molecule has 0 aliphatic heterocycles. The lowest BCUT2D eigenvalue weighted by Gasteiger charge is -2.21. The minimum atomic E-state index is -4.18. The van der Waals surface area contributed by atoms with Crippen molar-refractivity contribution in [2.75, 3.05) is 12.0 Å². The number of halogens is 2. The number of thioether (sulfide) groups is 1. The quantitative estimate of drug-likeness (QED) is 0.561. The van der Waals surface area contributed by atoms with Crippen LogP contribution < -0.4 is 10.0 Å². The molecule has 2 aromatic carbocycles. The molecule has 0 aliphatic carbocycles. The van der Waals surface area contributed by atoms with Gasteiger partial charge in [0, 0.05) is 4.47 Å². The van der Waals surface area contributed by atoms with Gasteiger partial charge in [-0.15, -0.1) is 0 Å². The number of amides is 1. The Hall–Kier alpha value is -1.42. The van der Waals surface area contributed by atoms with Crippen LogP contribution >= 0.6 is 27.7 Å². The van der Waals surface area contributed by atoms with Crippen LogP contribution in [0.5, 0.6) is 0 Å². The smallest absolute Gasteiger partial charge is 0.244 e. The molecule has 0 radical (unpaired) electrons. The van der Waals surface area contributed by atoms with Crippen LogP contribution in [0.25, 0.3) is 0 Å². The van der Waals surface area contributed by atoms with Crippen LogP contribution in [0.4, 0.5) is 4.39 Å². The molecule has 28 heavy (non-hydrogen) atoms. The van der Waals surface area contributed by atoms with Crippen LogP contribution in [0.15, 0.2) is 57.9 Å². The number of nitrogens with one attached hydrogen (secondary N) is 2. The molecule has 0 fully saturated rings. The molecule has 2 aromatic rings. The average molecular weight is 489 g/mol. The van der Waals surface area contributed by atoms with E-state index in [9.17, 15) is 17.6 Å². The highest BCUT2D eigenvalue weighted by molar-refractivity contribution is 9.10. The predicted molar refractivity (Wildman–Crippen MR) is 114 cm³/mol. The maximum Gasteiger partial charge on any atom is 0.244 e. The Kier molecular flexibility index (Phi) is 8.48. The van der Waals surface area contributed by atoms with Gasteiger partial charge in [0.05, 0.1) is 6.04 Å². The fourth-order valence-electron chi connectivity index (χ4n) is 2.57. The highest BCUT2D eigenvalue weighted by Gasteiger charge is 2.28. The van der Waals surface area contributed by atoms with Gasteiger partial charge in [-0.2, -0.15) is 16.5 Å². The van der Waals surface area contributed by atoms with Crippen molar-refractivity contribution in [3.8, 4) is 0 Å². The van der Waals surface area contributed by atoms with E-state index in [1.165, 1.54) is 30.0 Å². The Labute approximate surface area is 177 Å². The lowest BCUT2D eigenvalue weighted by Crippen LogP contribution is -2.47. The zero-order valence-electron chi connectivity index (χ0n) is 15.5. The van der Waals surface area contributed by atoms with Gasteiger partial charge in [0.2, 0.25) is 15.9 Å². The summed E-state index contributed by atoms with van der Waals surface area (Å²) in [5.74, 6) is -0.744. The lowest BCUT2D eigenvalue weighted by molar-refractivity contribution is -0.123. The van der Waals surface area contributed by atoms with Crippen LogP contribution in [0.3, 0.4) is 0 Å². The van der Waals surface area contributed by atoms with Crippen LogP contribution in [0.1, 0.15) is 24.9 Å². The summed E-state index contributed by atoms with van der Waals surface area (Å²) in [5, 5.41) is 2.83. The summed E-state index contributed by atoms with van der Waals surface area (Å²) in [6, 6.07) is 11.2. The molecule has 5 nitrogen and oxygen atoms in total. The van der Waals surface area contributed by atoms with Gasteiger partial charge in [0.15, 0.2) is 0 Å². The standard InChI is InChI=1S/C19H22BrFN2O3S2/c1-13(14-6-5-7-15(20)12-14)22-19(24)17(10-11-27-2)23-28(25,26)18-9-4-3-8-16(18)21/h3-9,12-13,17,23H,10-11H2,1-2H3,(H,22,24). The average Bonchev–Trinajstić information content (AvgIpc) is 2.65. The van der Waals surface area contributed by atoms with Crippen molar-refractivity contribution in [2.24, 2.45) is 0 Å². The van der Waals surface area contributed by atoms with E-state index in [4.69, 9.17) is 0 Å². The third-order valence-corrected chi connectivity index (χ3v) is 6.70. The Morgan fingerprint density at radius 1 is 1.21 bits per heavy atom. The molecule has 0 heterocycles. The van der Waals surface area contributed by atoms with E-state index in [0.717, 1.165) is 16.1 Å². The first-order chi connectivity index (χ1) is 13.2. The summed E-state index contributed by atoms with van der Waals surface area (Å²) in [5.41, 5.74) is 0.878. The van der Waals surface area contributed by atoms with Crippen molar-refractivity contribution in [1.29, 1.82) is 0 Å². The lowest BCUT2D eigenvalue weighted by atomic mass is 10.1. The molecule has 1 amide bonds. The SMILES string of the molecule is CSCCC(NS(=O)(=O)c1ccccc1F)C(=O)NC(C)c1cccc(Br)c1. The Morgan fingerprint density at radius 3 is 2.57 bits per heavy atom. The summed E-state index contributed by atoms with van der Waals surface area (Å²) in [6.07, 6.45) is 2.15. The number of rotatable bonds is 9. The van der Waals surface area contributed by atoms with Crippen LogP contribution in [0, 0.1) is 5.82 Å².